The zero-order chi connectivity index (χ0) is 14.7. The number of hydrogen-bond donors (Lipinski definition) is 1. The summed E-state index contributed by atoms with van der Waals surface area (Å²) in [5, 5.41) is 0. The van der Waals surface area contributed by atoms with Gasteiger partial charge in [-0.1, -0.05) is 0 Å². The molecule has 0 aliphatic carbocycles. The molecule has 1 saturated heterocycles. The van der Waals surface area contributed by atoms with Crippen LogP contribution in [0.3, 0.4) is 0 Å². The van der Waals surface area contributed by atoms with Gasteiger partial charge in [-0.3, -0.25) is 4.79 Å². The van der Waals surface area contributed by atoms with Crippen molar-refractivity contribution in [1.82, 2.24) is 4.90 Å². The predicted molar refractivity (Wildman–Crippen MR) is 70.2 cm³/mol. The van der Waals surface area contributed by atoms with Crippen molar-refractivity contribution in [3.05, 3.63) is 29.8 Å². The summed E-state index contributed by atoms with van der Waals surface area (Å²) in [5.74, 6) is -1.99. The third-order valence-corrected chi connectivity index (χ3v) is 3.48. The first-order valence-electron chi connectivity index (χ1n) is 6.65. The van der Waals surface area contributed by atoms with Crippen LogP contribution in [0.25, 0.3) is 0 Å². The van der Waals surface area contributed by atoms with Crippen molar-refractivity contribution in [2.24, 2.45) is 5.73 Å². The lowest BCUT2D eigenvalue weighted by Gasteiger charge is -2.26. The van der Waals surface area contributed by atoms with Gasteiger partial charge in [0.25, 0.3) is 5.91 Å². The number of nitrogens with zero attached hydrogens (tertiary/aromatic N) is 1. The molecule has 0 spiro atoms. The summed E-state index contributed by atoms with van der Waals surface area (Å²) in [7, 11) is 0. The number of halogens is 2. The van der Waals surface area contributed by atoms with Gasteiger partial charge in [-0.2, -0.15) is 0 Å². The van der Waals surface area contributed by atoms with Crippen LogP contribution in [-0.4, -0.2) is 36.0 Å². The van der Waals surface area contributed by atoms with Gasteiger partial charge in [-0.25, -0.2) is 8.78 Å². The molecule has 0 bridgehead atoms. The normalized spacial score (nSPS) is 20.0. The van der Waals surface area contributed by atoms with Crippen molar-refractivity contribution >= 4 is 5.91 Å². The monoisotopic (exact) mass is 284 g/mol. The molecule has 110 valence electrons. The number of ether oxygens (including phenoxy) is 1. The largest absolute Gasteiger partial charge is 0.481 e. The maximum atomic E-state index is 13.1. The topological polar surface area (TPSA) is 55.6 Å². The molecule has 1 aromatic carbocycles. The van der Waals surface area contributed by atoms with E-state index >= 15 is 0 Å². The van der Waals surface area contributed by atoms with E-state index in [1.54, 1.807) is 11.8 Å². The minimum absolute atomic E-state index is 0.0403. The van der Waals surface area contributed by atoms with E-state index < -0.39 is 17.7 Å². The highest BCUT2D eigenvalue weighted by atomic mass is 19.2. The highest BCUT2D eigenvalue weighted by molar-refractivity contribution is 5.81. The van der Waals surface area contributed by atoms with Crippen LogP contribution < -0.4 is 10.5 Å². The number of amides is 1. The minimum atomic E-state index is -0.997. The Kier molecular flexibility index (Phi) is 4.54. The van der Waals surface area contributed by atoms with Gasteiger partial charge in [0.05, 0.1) is 0 Å². The zero-order valence-electron chi connectivity index (χ0n) is 11.3. The maximum absolute atomic E-state index is 13.1. The number of rotatable bonds is 4. The van der Waals surface area contributed by atoms with Crippen LogP contribution in [0.4, 0.5) is 8.78 Å². The van der Waals surface area contributed by atoms with Gasteiger partial charge < -0.3 is 15.4 Å². The zero-order valence-corrected chi connectivity index (χ0v) is 11.3. The molecule has 2 atom stereocenters. The Hall–Kier alpha value is -1.69. The van der Waals surface area contributed by atoms with Gasteiger partial charge in [-0.05, 0) is 31.9 Å². The van der Waals surface area contributed by atoms with Gasteiger partial charge in [0.2, 0.25) is 0 Å². The van der Waals surface area contributed by atoms with Gasteiger partial charge in [0.15, 0.2) is 17.7 Å². The second-order valence-electron chi connectivity index (χ2n) is 4.90. The van der Waals surface area contributed by atoms with E-state index in [1.165, 1.54) is 6.07 Å². The molecule has 1 aliphatic rings. The van der Waals surface area contributed by atoms with Crippen molar-refractivity contribution < 1.29 is 18.3 Å². The molecule has 2 unspecified atom stereocenters. The number of carbonyl (C=O) groups is 1. The van der Waals surface area contributed by atoms with E-state index in [-0.39, 0.29) is 17.7 Å². The number of nitrogens with two attached hydrogens (primary N) is 1. The summed E-state index contributed by atoms with van der Waals surface area (Å²) in [4.78, 5) is 13.9. The van der Waals surface area contributed by atoms with Gasteiger partial charge in [0, 0.05) is 25.2 Å². The molecule has 20 heavy (non-hydrogen) atoms. The van der Waals surface area contributed by atoms with Crippen LogP contribution in [0.15, 0.2) is 18.2 Å². The minimum Gasteiger partial charge on any atom is -0.481 e. The summed E-state index contributed by atoms with van der Waals surface area (Å²) >= 11 is 0. The van der Waals surface area contributed by atoms with Crippen LogP contribution >= 0.6 is 0 Å². The highest BCUT2D eigenvalue weighted by Gasteiger charge is 2.31. The van der Waals surface area contributed by atoms with Crippen molar-refractivity contribution in [1.29, 1.82) is 0 Å². The fourth-order valence-corrected chi connectivity index (χ4v) is 2.41. The Morgan fingerprint density at radius 2 is 2.25 bits per heavy atom. The average Bonchev–Trinajstić information content (AvgIpc) is 2.90. The lowest BCUT2D eigenvalue weighted by Crippen LogP contribution is -2.45. The molecule has 1 amide bonds. The summed E-state index contributed by atoms with van der Waals surface area (Å²) in [6, 6.07) is 3.25. The lowest BCUT2D eigenvalue weighted by atomic mass is 10.2. The number of carbonyl (C=O) groups excluding carboxylic acids is 1. The molecular weight excluding hydrogens is 266 g/mol. The molecular formula is C14H18F2N2O2. The fraction of sp³-hybridized carbons (Fsp3) is 0.500. The van der Waals surface area contributed by atoms with Crippen LogP contribution in [-0.2, 0) is 4.79 Å². The molecule has 0 radical (unpaired) electrons. The molecule has 1 aromatic rings. The number of hydrogen-bond acceptors (Lipinski definition) is 3. The fourth-order valence-electron chi connectivity index (χ4n) is 2.41. The summed E-state index contributed by atoms with van der Waals surface area (Å²) in [5.41, 5.74) is 5.63. The highest BCUT2D eigenvalue weighted by Crippen LogP contribution is 2.20. The predicted octanol–water partition coefficient (Wildman–Crippen LogP) is 1.68. The summed E-state index contributed by atoms with van der Waals surface area (Å²) < 4.78 is 31.3. The van der Waals surface area contributed by atoms with E-state index in [1.807, 2.05) is 0 Å². The van der Waals surface area contributed by atoms with Crippen LogP contribution in [0.2, 0.25) is 0 Å². The van der Waals surface area contributed by atoms with Crippen LogP contribution in [0.1, 0.15) is 19.8 Å². The molecule has 1 heterocycles. The first kappa shape index (κ1) is 14.7. The Morgan fingerprint density at radius 3 is 2.90 bits per heavy atom. The molecule has 2 N–H and O–H groups in total. The second kappa shape index (κ2) is 6.17. The molecule has 4 nitrogen and oxygen atoms in total. The van der Waals surface area contributed by atoms with Crippen LogP contribution in [0.5, 0.6) is 5.75 Å². The molecule has 0 aromatic heterocycles. The third-order valence-electron chi connectivity index (χ3n) is 3.48. The average molecular weight is 284 g/mol. The Labute approximate surface area is 116 Å². The van der Waals surface area contributed by atoms with Crippen molar-refractivity contribution in [2.45, 2.75) is 31.9 Å². The van der Waals surface area contributed by atoms with Crippen molar-refractivity contribution in [2.75, 3.05) is 13.1 Å². The summed E-state index contributed by atoms with van der Waals surface area (Å²) in [6.07, 6.45) is 1.05. The van der Waals surface area contributed by atoms with Gasteiger partial charge >= 0.3 is 0 Å². The molecule has 1 aliphatic heterocycles. The van der Waals surface area contributed by atoms with E-state index in [9.17, 15) is 13.6 Å². The molecule has 6 heteroatoms. The Bertz CT molecular complexity index is 496. The Balaban J connectivity index is 2.02. The smallest absolute Gasteiger partial charge is 0.263 e. The number of benzene rings is 1. The maximum Gasteiger partial charge on any atom is 0.263 e. The SMILES string of the molecule is CC(Oc1ccc(F)c(F)c1)C(=O)N1CCCC1CN. The van der Waals surface area contributed by atoms with Gasteiger partial charge in [0.1, 0.15) is 5.75 Å². The molecule has 1 fully saturated rings. The molecule has 2 rings (SSSR count). The standard InChI is InChI=1S/C14H18F2N2O2/c1-9(14(19)18-6-2-3-10(18)8-17)20-11-4-5-12(15)13(16)7-11/h4-5,7,9-10H,2-3,6,8,17H2,1H3. The number of likely N-dealkylation sites (tertiary alicyclic amines) is 1. The van der Waals surface area contributed by atoms with Crippen LogP contribution in [0, 0.1) is 11.6 Å². The third kappa shape index (κ3) is 3.07. The molecule has 0 saturated carbocycles. The summed E-state index contributed by atoms with van der Waals surface area (Å²) in [6.45, 7) is 2.67. The lowest BCUT2D eigenvalue weighted by molar-refractivity contribution is -0.138. The van der Waals surface area contributed by atoms with E-state index in [4.69, 9.17) is 10.5 Å². The quantitative estimate of drug-likeness (QED) is 0.915. The van der Waals surface area contributed by atoms with Crippen molar-refractivity contribution in [3.63, 3.8) is 0 Å². The first-order chi connectivity index (χ1) is 9.52. The Morgan fingerprint density at radius 1 is 1.50 bits per heavy atom. The van der Waals surface area contributed by atoms with E-state index in [2.05, 4.69) is 0 Å². The van der Waals surface area contributed by atoms with E-state index in [0.717, 1.165) is 25.0 Å². The van der Waals surface area contributed by atoms with Gasteiger partial charge in [-0.15, -0.1) is 0 Å². The van der Waals surface area contributed by atoms with E-state index in [0.29, 0.717) is 13.1 Å². The first-order valence-corrected chi connectivity index (χ1v) is 6.65. The van der Waals surface area contributed by atoms with Crippen molar-refractivity contribution in [3.8, 4) is 5.75 Å². The second-order valence-corrected chi connectivity index (χ2v) is 4.90.